The van der Waals surface area contributed by atoms with Crippen molar-refractivity contribution >= 4 is 5.78 Å². The lowest BCUT2D eigenvalue weighted by molar-refractivity contribution is 0.0715. The van der Waals surface area contributed by atoms with E-state index in [1.54, 1.807) is 7.11 Å². The van der Waals surface area contributed by atoms with E-state index in [1.165, 1.54) is 0 Å². The molecule has 0 radical (unpaired) electrons. The van der Waals surface area contributed by atoms with Gasteiger partial charge in [0.2, 0.25) is 6.79 Å². The zero-order valence-electron chi connectivity index (χ0n) is 16.2. The summed E-state index contributed by atoms with van der Waals surface area (Å²) in [7, 11) is 1.63. The van der Waals surface area contributed by atoms with Crippen LogP contribution in [0, 0.1) is 0 Å². The Hall–Kier alpha value is -2.89. The molecule has 0 amide bonds. The molecule has 1 unspecified atom stereocenters. The van der Waals surface area contributed by atoms with E-state index >= 15 is 0 Å². The molecule has 6 heteroatoms. The second-order valence-electron chi connectivity index (χ2n) is 7.97. The van der Waals surface area contributed by atoms with Gasteiger partial charge >= 0.3 is 0 Å². The standard InChI is InChI=1S/C22H22O6/c1-22(2)7-6-13-17(24-3)10-19-20(21(13)28-22)14(23)9-16(27-19)12-4-5-15-18(8-12)26-11-25-15/h4-5,8,10,16H,6-7,9,11H2,1-3H3. The van der Waals surface area contributed by atoms with Crippen LogP contribution in [-0.4, -0.2) is 25.3 Å². The molecule has 3 aliphatic heterocycles. The number of ketones is 1. The molecule has 0 saturated carbocycles. The van der Waals surface area contributed by atoms with Crippen LogP contribution in [0.15, 0.2) is 24.3 Å². The molecular weight excluding hydrogens is 360 g/mol. The molecule has 0 fully saturated rings. The SMILES string of the molecule is COc1cc2c(c3c1CCC(C)(C)O3)C(=O)CC(c1ccc3c(c1)OCO3)O2. The van der Waals surface area contributed by atoms with E-state index in [0.29, 0.717) is 34.3 Å². The van der Waals surface area contributed by atoms with Gasteiger partial charge in [0.05, 0.1) is 13.5 Å². The summed E-state index contributed by atoms with van der Waals surface area (Å²) in [6, 6.07) is 7.44. The van der Waals surface area contributed by atoms with Crippen LogP contribution in [0.1, 0.15) is 54.3 Å². The van der Waals surface area contributed by atoms with Crippen molar-refractivity contribution in [3.8, 4) is 28.7 Å². The van der Waals surface area contributed by atoms with Gasteiger partial charge in [0.1, 0.15) is 34.5 Å². The summed E-state index contributed by atoms with van der Waals surface area (Å²) < 4.78 is 28.9. The number of fused-ring (bicyclic) bond motifs is 4. The topological polar surface area (TPSA) is 63.2 Å². The van der Waals surface area contributed by atoms with E-state index in [2.05, 4.69) is 0 Å². The molecule has 0 bridgehead atoms. The van der Waals surface area contributed by atoms with Crippen molar-refractivity contribution in [3.05, 3.63) is 41.0 Å². The molecule has 2 aromatic carbocycles. The Morgan fingerprint density at radius 3 is 2.75 bits per heavy atom. The largest absolute Gasteiger partial charge is 0.496 e. The Morgan fingerprint density at radius 1 is 1.11 bits per heavy atom. The smallest absolute Gasteiger partial charge is 0.231 e. The molecule has 0 aromatic heterocycles. The fraction of sp³-hybridized carbons (Fsp3) is 0.409. The van der Waals surface area contributed by atoms with Gasteiger partial charge < -0.3 is 23.7 Å². The third kappa shape index (κ3) is 2.66. The van der Waals surface area contributed by atoms with E-state index in [4.69, 9.17) is 23.7 Å². The van der Waals surface area contributed by atoms with Crippen molar-refractivity contribution in [3.63, 3.8) is 0 Å². The first-order chi connectivity index (χ1) is 13.4. The van der Waals surface area contributed by atoms with Crippen LogP contribution in [0.4, 0.5) is 0 Å². The Morgan fingerprint density at radius 2 is 1.93 bits per heavy atom. The highest BCUT2D eigenvalue weighted by Crippen LogP contribution is 2.49. The summed E-state index contributed by atoms with van der Waals surface area (Å²) in [4.78, 5) is 13.1. The van der Waals surface area contributed by atoms with E-state index in [-0.39, 0.29) is 24.6 Å². The molecule has 3 heterocycles. The van der Waals surface area contributed by atoms with Crippen molar-refractivity contribution in [1.82, 2.24) is 0 Å². The maximum atomic E-state index is 13.1. The molecule has 5 rings (SSSR count). The van der Waals surface area contributed by atoms with E-state index in [0.717, 1.165) is 24.0 Å². The van der Waals surface area contributed by atoms with Crippen molar-refractivity contribution in [2.45, 2.75) is 44.8 Å². The molecule has 2 aromatic rings. The van der Waals surface area contributed by atoms with Crippen molar-refractivity contribution in [1.29, 1.82) is 0 Å². The Bertz CT molecular complexity index is 977. The number of hydrogen-bond donors (Lipinski definition) is 0. The number of ether oxygens (including phenoxy) is 5. The zero-order chi connectivity index (χ0) is 19.5. The van der Waals surface area contributed by atoms with Gasteiger partial charge in [-0.2, -0.15) is 0 Å². The number of Topliss-reactive ketones (excluding diaryl/α,β-unsaturated/α-hetero) is 1. The molecule has 0 aliphatic carbocycles. The molecule has 1 atom stereocenters. The summed E-state index contributed by atoms with van der Waals surface area (Å²) in [5.41, 5.74) is 2.02. The lowest BCUT2D eigenvalue weighted by atomic mass is 9.88. The second kappa shape index (κ2) is 6.06. The summed E-state index contributed by atoms with van der Waals surface area (Å²) in [5.74, 6) is 3.21. The lowest BCUT2D eigenvalue weighted by Crippen LogP contribution is -2.34. The number of carbonyl (C=O) groups excluding carboxylic acids is 1. The number of benzene rings is 2. The molecule has 0 saturated heterocycles. The molecule has 3 aliphatic rings. The highest BCUT2D eigenvalue weighted by atomic mass is 16.7. The highest BCUT2D eigenvalue weighted by molar-refractivity contribution is 6.03. The van der Waals surface area contributed by atoms with E-state index in [1.807, 2.05) is 38.1 Å². The molecule has 6 nitrogen and oxygen atoms in total. The van der Waals surface area contributed by atoms with Crippen LogP contribution in [0.5, 0.6) is 28.7 Å². The number of hydrogen-bond acceptors (Lipinski definition) is 6. The van der Waals surface area contributed by atoms with Gasteiger partial charge in [0, 0.05) is 11.6 Å². The quantitative estimate of drug-likeness (QED) is 0.774. The number of methoxy groups -OCH3 is 1. The average Bonchev–Trinajstić information content (AvgIpc) is 3.13. The Kier molecular flexibility index (Phi) is 3.73. The maximum Gasteiger partial charge on any atom is 0.231 e. The summed E-state index contributed by atoms with van der Waals surface area (Å²) in [6.45, 7) is 4.28. The fourth-order valence-corrected chi connectivity index (χ4v) is 4.06. The highest BCUT2D eigenvalue weighted by Gasteiger charge is 2.38. The Labute approximate surface area is 163 Å². The van der Waals surface area contributed by atoms with Gasteiger partial charge in [-0.1, -0.05) is 6.07 Å². The fourth-order valence-electron chi connectivity index (χ4n) is 4.06. The van der Waals surface area contributed by atoms with Gasteiger partial charge in [0.15, 0.2) is 17.3 Å². The first-order valence-corrected chi connectivity index (χ1v) is 9.47. The van der Waals surface area contributed by atoms with Crippen molar-refractivity contribution in [2.75, 3.05) is 13.9 Å². The summed E-state index contributed by atoms with van der Waals surface area (Å²) >= 11 is 0. The molecule has 146 valence electrons. The zero-order valence-corrected chi connectivity index (χ0v) is 16.2. The predicted molar refractivity (Wildman–Crippen MR) is 101 cm³/mol. The van der Waals surface area contributed by atoms with Crippen LogP contribution >= 0.6 is 0 Å². The van der Waals surface area contributed by atoms with Crippen LogP contribution in [0.2, 0.25) is 0 Å². The summed E-state index contributed by atoms with van der Waals surface area (Å²) in [5, 5.41) is 0. The van der Waals surface area contributed by atoms with Gasteiger partial charge in [-0.15, -0.1) is 0 Å². The first kappa shape index (κ1) is 17.2. The molecule has 28 heavy (non-hydrogen) atoms. The lowest BCUT2D eigenvalue weighted by Gasteiger charge is -2.36. The minimum Gasteiger partial charge on any atom is -0.496 e. The van der Waals surface area contributed by atoms with Crippen LogP contribution in [0.3, 0.4) is 0 Å². The second-order valence-corrected chi connectivity index (χ2v) is 7.97. The first-order valence-electron chi connectivity index (χ1n) is 9.47. The van der Waals surface area contributed by atoms with Gasteiger partial charge in [-0.3, -0.25) is 4.79 Å². The van der Waals surface area contributed by atoms with E-state index < -0.39 is 6.10 Å². The summed E-state index contributed by atoms with van der Waals surface area (Å²) in [6.07, 6.45) is 1.52. The molecular formula is C22H22O6. The van der Waals surface area contributed by atoms with Gasteiger partial charge in [0.25, 0.3) is 0 Å². The minimum absolute atomic E-state index is 0.0144. The molecule has 0 spiro atoms. The maximum absolute atomic E-state index is 13.1. The third-order valence-electron chi connectivity index (χ3n) is 5.57. The van der Waals surface area contributed by atoms with Gasteiger partial charge in [-0.25, -0.2) is 0 Å². The monoisotopic (exact) mass is 382 g/mol. The Balaban J connectivity index is 1.56. The number of carbonyl (C=O) groups is 1. The van der Waals surface area contributed by atoms with Crippen LogP contribution in [0.25, 0.3) is 0 Å². The van der Waals surface area contributed by atoms with Crippen LogP contribution in [-0.2, 0) is 6.42 Å². The van der Waals surface area contributed by atoms with Gasteiger partial charge in [-0.05, 0) is 44.4 Å². The number of rotatable bonds is 2. The van der Waals surface area contributed by atoms with Crippen LogP contribution < -0.4 is 23.7 Å². The molecule has 0 N–H and O–H groups in total. The predicted octanol–water partition coefficient (Wildman–Crippen LogP) is 4.23. The van der Waals surface area contributed by atoms with Crippen molar-refractivity contribution < 1.29 is 28.5 Å². The van der Waals surface area contributed by atoms with E-state index in [9.17, 15) is 4.79 Å². The normalized spacial score (nSPS) is 21.2. The minimum atomic E-state index is -0.395. The van der Waals surface area contributed by atoms with Crippen molar-refractivity contribution in [2.24, 2.45) is 0 Å². The third-order valence-corrected chi connectivity index (χ3v) is 5.57. The average molecular weight is 382 g/mol.